The van der Waals surface area contributed by atoms with Crippen molar-refractivity contribution in [3.63, 3.8) is 0 Å². The van der Waals surface area contributed by atoms with Gasteiger partial charge in [0.1, 0.15) is 5.82 Å². The molecule has 0 amide bonds. The molecule has 1 atom stereocenters. The minimum absolute atomic E-state index is 0.104. The zero-order valence-electron chi connectivity index (χ0n) is 9.39. The minimum Gasteiger partial charge on any atom is -0.385 e. The van der Waals surface area contributed by atoms with E-state index in [2.05, 4.69) is 0 Å². The van der Waals surface area contributed by atoms with Crippen molar-refractivity contribution >= 4 is 0 Å². The Labute approximate surface area is 97.1 Å². The summed E-state index contributed by atoms with van der Waals surface area (Å²) in [5.74, 6) is -0.568. The van der Waals surface area contributed by atoms with E-state index in [0.29, 0.717) is 0 Å². The largest absolute Gasteiger partial charge is 0.389 e. The molecule has 1 aromatic rings. The highest BCUT2D eigenvalue weighted by molar-refractivity contribution is 5.23. The van der Waals surface area contributed by atoms with Gasteiger partial charge in [0.25, 0.3) is 0 Å². The van der Waals surface area contributed by atoms with E-state index in [1.807, 2.05) is 0 Å². The maximum Gasteiger partial charge on any atom is 0.389 e. The van der Waals surface area contributed by atoms with E-state index < -0.39 is 30.4 Å². The van der Waals surface area contributed by atoms with Crippen molar-refractivity contribution in [2.24, 2.45) is 0 Å². The minimum atomic E-state index is -4.32. The Morgan fingerprint density at radius 3 is 2.29 bits per heavy atom. The first-order valence-corrected chi connectivity index (χ1v) is 5.32. The molecular weight excluding hydrogens is 236 g/mol. The molecule has 0 radical (unpaired) electrons. The molecule has 96 valence electrons. The van der Waals surface area contributed by atoms with Crippen molar-refractivity contribution < 1.29 is 22.7 Å². The lowest BCUT2D eigenvalue weighted by molar-refractivity contribution is -0.148. The highest BCUT2D eigenvalue weighted by Gasteiger charge is 2.35. The maximum absolute atomic E-state index is 13.0. The molecule has 1 N–H and O–H groups in total. The van der Waals surface area contributed by atoms with Gasteiger partial charge in [0.05, 0.1) is 5.60 Å². The van der Waals surface area contributed by atoms with Crippen LogP contribution >= 0.6 is 0 Å². The van der Waals surface area contributed by atoms with E-state index >= 15 is 0 Å². The summed E-state index contributed by atoms with van der Waals surface area (Å²) in [6.45, 7) is 1.57. The van der Waals surface area contributed by atoms with Crippen molar-refractivity contribution in [2.75, 3.05) is 0 Å². The zero-order chi connectivity index (χ0) is 13.1. The molecule has 5 heteroatoms. The van der Waals surface area contributed by atoms with Gasteiger partial charge in [0.15, 0.2) is 0 Å². The predicted octanol–water partition coefficient (Wildman–Crippen LogP) is 3.77. The van der Waals surface area contributed by atoms with Gasteiger partial charge in [-0.25, -0.2) is 4.39 Å². The number of hydrogen-bond acceptors (Lipinski definition) is 1. The molecule has 17 heavy (non-hydrogen) atoms. The van der Waals surface area contributed by atoms with Gasteiger partial charge in [-0.2, -0.15) is 13.2 Å². The van der Waals surface area contributed by atoms with Crippen LogP contribution in [0.3, 0.4) is 0 Å². The van der Waals surface area contributed by atoms with Gasteiger partial charge in [0, 0.05) is 6.42 Å². The third-order valence-electron chi connectivity index (χ3n) is 2.77. The molecule has 1 aromatic carbocycles. The van der Waals surface area contributed by atoms with Crippen LogP contribution < -0.4 is 0 Å². The summed E-state index contributed by atoms with van der Waals surface area (Å²) in [6.07, 6.45) is -5.77. The molecule has 0 heterocycles. The molecule has 0 aliphatic carbocycles. The summed E-state index contributed by atoms with van der Waals surface area (Å²) in [7, 11) is 0. The fraction of sp³-hybridized carbons (Fsp3) is 0.500. The number of aliphatic hydroxyl groups is 1. The second kappa shape index (κ2) is 5.04. The van der Waals surface area contributed by atoms with Crippen molar-refractivity contribution in [3.05, 3.63) is 35.6 Å². The summed E-state index contributed by atoms with van der Waals surface area (Å²) in [6, 6.07) is 5.06. The van der Waals surface area contributed by atoms with E-state index in [1.165, 1.54) is 18.2 Å². The topological polar surface area (TPSA) is 20.2 Å². The zero-order valence-corrected chi connectivity index (χ0v) is 9.39. The van der Waals surface area contributed by atoms with E-state index in [0.717, 1.165) is 6.07 Å². The molecule has 0 spiro atoms. The van der Waals surface area contributed by atoms with Crippen LogP contribution in [0.5, 0.6) is 0 Å². The molecule has 1 nitrogen and oxygen atoms in total. The van der Waals surface area contributed by atoms with Gasteiger partial charge in [-0.05, 0) is 30.5 Å². The fourth-order valence-corrected chi connectivity index (χ4v) is 1.65. The van der Waals surface area contributed by atoms with Gasteiger partial charge < -0.3 is 5.11 Å². The summed E-state index contributed by atoms with van der Waals surface area (Å²) in [4.78, 5) is 0. The van der Waals surface area contributed by atoms with Crippen LogP contribution in [-0.4, -0.2) is 11.3 Å². The van der Waals surface area contributed by atoms with E-state index in [1.54, 1.807) is 6.92 Å². The monoisotopic (exact) mass is 250 g/mol. The smallest absolute Gasteiger partial charge is 0.385 e. The summed E-state index contributed by atoms with van der Waals surface area (Å²) < 4.78 is 49.4. The third-order valence-corrected chi connectivity index (χ3v) is 2.77. The average molecular weight is 250 g/mol. The van der Waals surface area contributed by atoms with Gasteiger partial charge in [0.2, 0.25) is 0 Å². The molecule has 0 fully saturated rings. The van der Waals surface area contributed by atoms with Crippen molar-refractivity contribution in [1.29, 1.82) is 0 Å². The van der Waals surface area contributed by atoms with E-state index in [4.69, 9.17) is 0 Å². The molecule has 0 saturated carbocycles. The second-order valence-electron chi connectivity index (χ2n) is 4.01. The lowest BCUT2D eigenvalue weighted by Crippen LogP contribution is -2.27. The van der Waals surface area contributed by atoms with Crippen molar-refractivity contribution in [1.82, 2.24) is 0 Å². The number of hydrogen-bond donors (Lipinski definition) is 1. The number of benzene rings is 1. The maximum atomic E-state index is 13.0. The van der Waals surface area contributed by atoms with Crippen LogP contribution in [0, 0.1) is 5.82 Å². The van der Waals surface area contributed by atoms with Crippen LogP contribution in [0.2, 0.25) is 0 Å². The molecule has 1 unspecified atom stereocenters. The predicted molar refractivity (Wildman–Crippen MR) is 55.9 cm³/mol. The summed E-state index contributed by atoms with van der Waals surface area (Å²) >= 11 is 0. The normalized spacial score (nSPS) is 15.6. The number of rotatable bonds is 4. The summed E-state index contributed by atoms with van der Waals surface area (Å²) in [5.41, 5.74) is -1.44. The van der Waals surface area contributed by atoms with Gasteiger partial charge in [-0.1, -0.05) is 19.1 Å². The molecule has 1 rings (SSSR count). The first-order valence-electron chi connectivity index (χ1n) is 5.32. The van der Waals surface area contributed by atoms with Gasteiger partial charge in [-0.3, -0.25) is 0 Å². The Kier molecular flexibility index (Phi) is 4.14. The van der Waals surface area contributed by atoms with E-state index in [9.17, 15) is 22.7 Å². The van der Waals surface area contributed by atoms with Gasteiger partial charge in [-0.15, -0.1) is 0 Å². The Morgan fingerprint density at radius 1 is 1.18 bits per heavy atom. The highest BCUT2D eigenvalue weighted by atomic mass is 19.4. The van der Waals surface area contributed by atoms with Crippen LogP contribution in [0.4, 0.5) is 17.6 Å². The fourth-order valence-electron chi connectivity index (χ4n) is 1.65. The quantitative estimate of drug-likeness (QED) is 0.806. The number of halogens is 4. The number of alkyl halides is 3. The second-order valence-corrected chi connectivity index (χ2v) is 4.01. The SMILES string of the molecule is CCC(O)(CCC(F)(F)F)c1cccc(F)c1. The van der Waals surface area contributed by atoms with Crippen LogP contribution in [0.15, 0.2) is 24.3 Å². The lowest BCUT2D eigenvalue weighted by Gasteiger charge is -2.28. The van der Waals surface area contributed by atoms with Crippen LogP contribution in [-0.2, 0) is 5.60 Å². The molecule has 0 aliphatic rings. The summed E-state index contributed by atoms with van der Waals surface area (Å²) in [5, 5.41) is 10.1. The molecule has 0 aromatic heterocycles. The lowest BCUT2D eigenvalue weighted by atomic mass is 9.86. The average Bonchev–Trinajstić information content (AvgIpc) is 2.25. The van der Waals surface area contributed by atoms with Gasteiger partial charge >= 0.3 is 6.18 Å². The van der Waals surface area contributed by atoms with Crippen molar-refractivity contribution in [3.8, 4) is 0 Å². The Morgan fingerprint density at radius 2 is 1.82 bits per heavy atom. The highest BCUT2D eigenvalue weighted by Crippen LogP contribution is 2.34. The Hall–Kier alpha value is -1.10. The third kappa shape index (κ3) is 4.00. The molecule has 0 bridgehead atoms. The van der Waals surface area contributed by atoms with Crippen LogP contribution in [0.25, 0.3) is 0 Å². The van der Waals surface area contributed by atoms with Crippen LogP contribution in [0.1, 0.15) is 31.7 Å². The van der Waals surface area contributed by atoms with Crippen molar-refractivity contribution in [2.45, 2.75) is 38.0 Å². The Bertz CT molecular complexity index is 375. The molecule has 0 saturated heterocycles. The molecular formula is C12H14F4O. The first kappa shape index (κ1) is 14.0. The van der Waals surface area contributed by atoms with E-state index in [-0.39, 0.29) is 12.0 Å². The molecule has 0 aliphatic heterocycles. The first-order chi connectivity index (χ1) is 7.77. The standard InChI is InChI=1S/C12H14F4O/c1-2-11(17,6-7-12(14,15)16)9-4-3-5-10(13)8-9/h3-5,8,17H,2,6-7H2,1H3. The Balaban J connectivity index is 2.88.